The minimum absolute atomic E-state index is 0.194. The molecule has 5 nitrogen and oxygen atoms in total. The number of nitrogens with one attached hydrogen (secondary N) is 1. The van der Waals surface area contributed by atoms with Crippen molar-refractivity contribution in [1.29, 1.82) is 0 Å². The summed E-state index contributed by atoms with van der Waals surface area (Å²) < 4.78 is 6.06. The Balaban J connectivity index is 1.77. The van der Waals surface area contributed by atoms with Crippen LogP contribution in [0, 0.1) is 5.92 Å². The standard InChI is InChI=1S/C15H20N4O/c1-10(11-3-2-6-17-8-11)20-12-4-5-13-14(7-12)18-9-19-15(13)16/h4-5,7,9-11,17H,2-3,6,8H2,1H3,(H2,16,18,19). The summed E-state index contributed by atoms with van der Waals surface area (Å²) in [6, 6.07) is 5.79. The molecule has 2 aromatic rings. The van der Waals surface area contributed by atoms with E-state index in [2.05, 4.69) is 22.2 Å². The average molecular weight is 272 g/mol. The quantitative estimate of drug-likeness (QED) is 0.893. The summed E-state index contributed by atoms with van der Waals surface area (Å²) in [6.07, 6.45) is 4.12. The zero-order valence-corrected chi connectivity index (χ0v) is 11.7. The van der Waals surface area contributed by atoms with Crippen LogP contribution in [0.5, 0.6) is 5.75 Å². The highest BCUT2D eigenvalue weighted by atomic mass is 16.5. The molecule has 2 atom stereocenters. The van der Waals surface area contributed by atoms with E-state index in [1.807, 2.05) is 18.2 Å². The van der Waals surface area contributed by atoms with E-state index >= 15 is 0 Å². The first-order valence-corrected chi connectivity index (χ1v) is 7.11. The highest BCUT2D eigenvalue weighted by Gasteiger charge is 2.21. The Kier molecular flexibility index (Phi) is 3.69. The summed E-state index contributed by atoms with van der Waals surface area (Å²) in [5, 5.41) is 4.29. The Morgan fingerprint density at radius 3 is 3.10 bits per heavy atom. The van der Waals surface area contributed by atoms with Crippen molar-refractivity contribution >= 4 is 16.7 Å². The molecule has 1 saturated heterocycles. The van der Waals surface area contributed by atoms with Crippen molar-refractivity contribution in [3.8, 4) is 5.75 Å². The van der Waals surface area contributed by atoms with Crippen LogP contribution in [0.15, 0.2) is 24.5 Å². The Hall–Kier alpha value is -1.88. The molecule has 0 spiro atoms. The molecule has 0 radical (unpaired) electrons. The molecule has 0 aliphatic carbocycles. The van der Waals surface area contributed by atoms with Crippen LogP contribution >= 0.6 is 0 Å². The van der Waals surface area contributed by atoms with Gasteiger partial charge in [0.05, 0.1) is 11.6 Å². The van der Waals surface area contributed by atoms with Crippen molar-refractivity contribution in [3.63, 3.8) is 0 Å². The topological polar surface area (TPSA) is 73.1 Å². The largest absolute Gasteiger partial charge is 0.490 e. The summed E-state index contributed by atoms with van der Waals surface area (Å²) in [6.45, 7) is 4.29. The molecule has 1 aromatic heterocycles. The van der Waals surface area contributed by atoms with Crippen molar-refractivity contribution in [2.75, 3.05) is 18.8 Å². The zero-order chi connectivity index (χ0) is 13.9. The van der Waals surface area contributed by atoms with Gasteiger partial charge < -0.3 is 15.8 Å². The first-order chi connectivity index (χ1) is 9.74. The number of nitrogen functional groups attached to an aromatic ring is 1. The molecular formula is C15H20N4O. The lowest BCUT2D eigenvalue weighted by atomic mass is 9.94. The van der Waals surface area contributed by atoms with Crippen molar-refractivity contribution in [1.82, 2.24) is 15.3 Å². The van der Waals surface area contributed by atoms with Crippen LogP contribution in [0.2, 0.25) is 0 Å². The van der Waals surface area contributed by atoms with Gasteiger partial charge in [0.1, 0.15) is 17.9 Å². The molecule has 1 fully saturated rings. The van der Waals surface area contributed by atoms with Crippen molar-refractivity contribution in [2.45, 2.75) is 25.9 Å². The monoisotopic (exact) mass is 272 g/mol. The van der Waals surface area contributed by atoms with Crippen molar-refractivity contribution in [3.05, 3.63) is 24.5 Å². The summed E-state index contributed by atoms with van der Waals surface area (Å²) in [5.41, 5.74) is 6.65. The van der Waals surface area contributed by atoms with E-state index in [0.717, 1.165) is 29.7 Å². The molecular weight excluding hydrogens is 252 g/mol. The van der Waals surface area contributed by atoms with Crippen molar-refractivity contribution in [2.24, 2.45) is 5.92 Å². The minimum atomic E-state index is 0.194. The van der Waals surface area contributed by atoms with E-state index in [1.54, 1.807) is 0 Å². The molecule has 0 bridgehead atoms. The van der Waals surface area contributed by atoms with Gasteiger partial charge in [-0.2, -0.15) is 0 Å². The third-order valence-electron chi connectivity index (χ3n) is 3.96. The lowest BCUT2D eigenvalue weighted by Gasteiger charge is -2.28. The number of nitrogens with two attached hydrogens (primary N) is 1. The van der Waals surface area contributed by atoms with Crippen LogP contribution in [0.25, 0.3) is 10.9 Å². The van der Waals surface area contributed by atoms with E-state index in [1.165, 1.54) is 19.2 Å². The third kappa shape index (κ3) is 2.67. The molecule has 1 aliphatic heterocycles. The lowest BCUT2D eigenvalue weighted by molar-refractivity contribution is 0.131. The molecule has 106 valence electrons. The van der Waals surface area contributed by atoms with Gasteiger partial charge in [-0.15, -0.1) is 0 Å². The number of hydrogen-bond acceptors (Lipinski definition) is 5. The van der Waals surface area contributed by atoms with E-state index in [0.29, 0.717) is 11.7 Å². The minimum Gasteiger partial charge on any atom is -0.490 e. The molecule has 1 aromatic carbocycles. The molecule has 20 heavy (non-hydrogen) atoms. The normalized spacial score (nSPS) is 20.8. The predicted molar refractivity (Wildman–Crippen MR) is 79.6 cm³/mol. The molecule has 3 rings (SSSR count). The Bertz CT molecular complexity index is 595. The van der Waals surface area contributed by atoms with E-state index < -0.39 is 0 Å². The Labute approximate surface area is 118 Å². The van der Waals surface area contributed by atoms with Gasteiger partial charge in [0.25, 0.3) is 0 Å². The Morgan fingerprint density at radius 2 is 2.30 bits per heavy atom. The van der Waals surface area contributed by atoms with E-state index in [4.69, 9.17) is 10.5 Å². The maximum absolute atomic E-state index is 6.06. The number of fused-ring (bicyclic) bond motifs is 1. The number of benzene rings is 1. The average Bonchev–Trinajstić information content (AvgIpc) is 2.48. The highest BCUT2D eigenvalue weighted by Crippen LogP contribution is 2.25. The van der Waals surface area contributed by atoms with Crippen LogP contribution in [-0.2, 0) is 0 Å². The number of piperidine rings is 1. The molecule has 0 amide bonds. The number of ether oxygens (including phenoxy) is 1. The molecule has 5 heteroatoms. The van der Waals surface area contributed by atoms with Crippen LogP contribution in [0.4, 0.5) is 5.82 Å². The van der Waals surface area contributed by atoms with Crippen LogP contribution in [0.3, 0.4) is 0 Å². The second kappa shape index (κ2) is 5.63. The molecule has 1 aliphatic rings. The van der Waals surface area contributed by atoms with Gasteiger partial charge in [-0.3, -0.25) is 0 Å². The second-order valence-corrected chi connectivity index (χ2v) is 5.37. The third-order valence-corrected chi connectivity index (χ3v) is 3.96. The van der Waals surface area contributed by atoms with Gasteiger partial charge in [-0.25, -0.2) is 9.97 Å². The molecule has 0 saturated carbocycles. The highest BCUT2D eigenvalue weighted by molar-refractivity contribution is 5.88. The van der Waals surface area contributed by atoms with Crippen LogP contribution in [-0.4, -0.2) is 29.2 Å². The summed E-state index contributed by atoms with van der Waals surface area (Å²) >= 11 is 0. The summed E-state index contributed by atoms with van der Waals surface area (Å²) in [4.78, 5) is 8.23. The first-order valence-electron chi connectivity index (χ1n) is 7.11. The zero-order valence-electron chi connectivity index (χ0n) is 11.7. The number of aromatic nitrogens is 2. The maximum atomic E-state index is 6.06. The number of anilines is 1. The molecule has 3 N–H and O–H groups in total. The smallest absolute Gasteiger partial charge is 0.134 e. The van der Waals surface area contributed by atoms with Gasteiger partial charge in [-0.1, -0.05) is 0 Å². The molecule has 2 unspecified atom stereocenters. The first kappa shape index (κ1) is 13.1. The second-order valence-electron chi connectivity index (χ2n) is 5.37. The van der Waals surface area contributed by atoms with Gasteiger partial charge in [0.15, 0.2) is 0 Å². The van der Waals surface area contributed by atoms with Gasteiger partial charge >= 0.3 is 0 Å². The molecule has 2 heterocycles. The van der Waals surface area contributed by atoms with Gasteiger partial charge in [-0.05, 0) is 38.4 Å². The lowest BCUT2D eigenvalue weighted by Crippen LogP contribution is -2.37. The van der Waals surface area contributed by atoms with Crippen molar-refractivity contribution < 1.29 is 4.74 Å². The summed E-state index contributed by atoms with van der Waals surface area (Å²) in [5.74, 6) is 1.91. The van der Waals surface area contributed by atoms with Crippen LogP contribution in [0.1, 0.15) is 19.8 Å². The predicted octanol–water partition coefficient (Wildman–Crippen LogP) is 1.98. The maximum Gasteiger partial charge on any atom is 0.134 e. The van der Waals surface area contributed by atoms with Gasteiger partial charge in [0.2, 0.25) is 0 Å². The number of rotatable bonds is 3. The number of hydrogen-bond donors (Lipinski definition) is 2. The van der Waals surface area contributed by atoms with Gasteiger partial charge in [0, 0.05) is 23.9 Å². The fraction of sp³-hybridized carbons (Fsp3) is 0.467. The van der Waals surface area contributed by atoms with E-state index in [-0.39, 0.29) is 6.10 Å². The SMILES string of the molecule is CC(Oc1ccc2c(N)ncnc2c1)C1CCCNC1. The fourth-order valence-corrected chi connectivity index (χ4v) is 2.72. The number of nitrogens with zero attached hydrogens (tertiary/aromatic N) is 2. The fourth-order valence-electron chi connectivity index (χ4n) is 2.72. The summed E-state index contributed by atoms with van der Waals surface area (Å²) in [7, 11) is 0. The van der Waals surface area contributed by atoms with Crippen LogP contribution < -0.4 is 15.8 Å². The Morgan fingerprint density at radius 1 is 1.40 bits per heavy atom. The van der Waals surface area contributed by atoms with E-state index in [9.17, 15) is 0 Å².